The number of anilines is 1. The summed E-state index contributed by atoms with van der Waals surface area (Å²) < 4.78 is 9.08. The molecule has 0 bridgehead atoms. The molecule has 0 spiro atoms. The number of carbonyl (C=O) groups excluding carboxylic acids is 1. The van der Waals surface area contributed by atoms with E-state index in [1.54, 1.807) is 18.7 Å². The summed E-state index contributed by atoms with van der Waals surface area (Å²) in [5, 5.41) is 5.49. The summed E-state index contributed by atoms with van der Waals surface area (Å²) in [6.07, 6.45) is 0.641. The molecule has 144 valence electrons. The molecule has 2 heterocycles. The van der Waals surface area contributed by atoms with E-state index in [1.165, 1.54) is 4.68 Å². The van der Waals surface area contributed by atoms with E-state index in [-0.39, 0.29) is 17.4 Å². The number of nitrogens with one attached hydrogen (secondary N) is 2. The molecule has 28 heavy (non-hydrogen) atoms. The zero-order chi connectivity index (χ0) is 19.7. The van der Waals surface area contributed by atoms with Crippen LogP contribution in [0.15, 0.2) is 59.4 Å². The number of nitrogens with zero attached hydrogens (tertiary/aromatic N) is 2. The summed E-state index contributed by atoms with van der Waals surface area (Å²) in [6, 6.07) is 16.7. The van der Waals surface area contributed by atoms with Crippen molar-refractivity contribution in [1.29, 1.82) is 0 Å². The van der Waals surface area contributed by atoms with Crippen LogP contribution >= 0.6 is 0 Å². The summed E-state index contributed by atoms with van der Waals surface area (Å²) in [7, 11) is 1.79. The van der Waals surface area contributed by atoms with Gasteiger partial charge in [0.05, 0.1) is 17.9 Å². The number of benzene rings is 2. The highest BCUT2D eigenvalue weighted by Gasteiger charge is 2.23. The van der Waals surface area contributed by atoms with Crippen molar-refractivity contribution < 1.29 is 9.53 Å². The van der Waals surface area contributed by atoms with Crippen molar-refractivity contribution in [2.75, 3.05) is 11.9 Å². The molecule has 1 aliphatic rings. The fourth-order valence-electron chi connectivity index (χ4n) is 3.44. The maximum absolute atomic E-state index is 12.8. The summed E-state index contributed by atoms with van der Waals surface area (Å²) in [4.78, 5) is 25.2. The number of ether oxygens (including phenoxy) is 1. The highest BCUT2D eigenvalue weighted by Crippen LogP contribution is 2.27. The van der Waals surface area contributed by atoms with Crippen molar-refractivity contribution in [3.05, 3.63) is 76.2 Å². The van der Waals surface area contributed by atoms with Gasteiger partial charge in [-0.3, -0.25) is 9.48 Å². The van der Waals surface area contributed by atoms with Gasteiger partial charge < -0.3 is 15.4 Å². The topological polar surface area (TPSA) is 77.3 Å². The number of rotatable bonds is 4. The first-order valence-electron chi connectivity index (χ1n) is 9.18. The number of amides is 2. The van der Waals surface area contributed by atoms with E-state index < -0.39 is 6.03 Å². The van der Waals surface area contributed by atoms with Crippen LogP contribution in [-0.4, -0.2) is 28.0 Å². The highest BCUT2D eigenvalue weighted by atomic mass is 16.5. The van der Waals surface area contributed by atoms with E-state index in [0.29, 0.717) is 12.2 Å². The Bertz CT molecular complexity index is 1040. The highest BCUT2D eigenvalue weighted by molar-refractivity contribution is 5.89. The van der Waals surface area contributed by atoms with Crippen LogP contribution in [0.4, 0.5) is 10.5 Å². The number of hydrogen-bond acceptors (Lipinski definition) is 3. The summed E-state index contributed by atoms with van der Waals surface area (Å²) >= 11 is 0. The SMILES string of the molecule is Cc1c(NC(=O)NCC2Cc3ccccc3O2)c(=O)n(-c2ccccc2)n1C. The van der Waals surface area contributed by atoms with Gasteiger partial charge in [0.25, 0.3) is 5.56 Å². The normalized spacial score (nSPS) is 15.0. The van der Waals surface area contributed by atoms with Crippen molar-refractivity contribution in [2.24, 2.45) is 7.05 Å². The molecule has 4 rings (SSSR count). The predicted molar refractivity (Wildman–Crippen MR) is 107 cm³/mol. The molecule has 1 aliphatic heterocycles. The first-order valence-corrected chi connectivity index (χ1v) is 9.18. The van der Waals surface area contributed by atoms with Crippen molar-refractivity contribution in [2.45, 2.75) is 19.4 Å². The van der Waals surface area contributed by atoms with Gasteiger partial charge in [0.2, 0.25) is 0 Å². The molecular weight excluding hydrogens is 356 g/mol. The molecule has 2 amide bonds. The molecule has 0 saturated carbocycles. The lowest BCUT2D eigenvalue weighted by Crippen LogP contribution is -2.38. The number of para-hydroxylation sites is 2. The van der Waals surface area contributed by atoms with Gasteiger partial charge in [-0.15, -0.1) is 0 Å². The fraction of sp³-hybridized carbons (Fsp3) is 0.238. The zero-order valence-corrected chi connectivity index (χ0v) is 15.8. The minimum atomic E-state index is -0.425. The molecule has 1 atom stereocenters. The van der Waals surface area contributed by atoms with Crippen molar-refractivity contribution >= 4 is 11.7 Å². The first kappa shape index (κ1) is 17.9. The standard InChI is InChI=1S/C21H22N4O3/c1-14-19(20(26)25(24(14)2)16-9-4-3-5-10-16)23-21(27)22-13-17-12-15-8-6-7-11-18(15)28-17/h3-11,17H,12-13H2,1-2H3,(H2,22,23,27). The lowest BCUT2D eigenvalue weighted by Gasteiger charge is -2.12. The maximum Gasteiger partial charge on any atom is 0.319 e. The average molecular weight is 378 g/mol. The smallest absolute Gasteiger partial charge is 0.319 e. The third kappa shape index (κ3) is 3.26. The predicted octanol–water partition coefficient (Wildman–Crippen LogP) is 2.61. The van der Waals surface area contributed by atoms with Crippen LogP contribution in [0.1, 0.15) is 11.3 Å². The average Bonchev–Trinajstić information content (AvgIpc) is 3.21. The molecule has 2 N–H and O–H groups in total. The van der Waals surface area contributed by atoms with Crippen LogP contribution in [0.25, 0.3) is 5.69 Å². The number of hydrogen-bond donors (Lipinski definition) is 2. The largest absolute Gasteiger partial charge is 0.488 e. The quantitative estimate of drug-likeness (QED) is 0.733. The van der Waals surface area contributed by atoms with Gasteiger partial charge in [0, 0.05) is 13.5 Å². The third-order valence-corrected chi connectivity index (χ3v) is 5.00. The van der Waals surface area contributed by atoms with Crippen LogP contribution in [0, 0.1) is 6.92 Å². The molecule has 2 aromatic carbocycles. The van der Waals surface area contributed by atoms with Crippen LogP contribution in [-0.2, 0) is 13.5 Å². The van der Waals surface area contributed by atoms with E-state index in [0.717, 1.165) is 23.4 Å². The van der Waals surface area contributed by atoms with E-state index >= 15 is 0 Å². The lowest BCUT2D eigenvalue weighted by atomic mass is 10.1. The molecule has 7 nitrogen and oxygen atoms in total. The van der Waals surface area contributed by atoms with Crippen molar-refractivity contribution in [3.8, 4) is 11.4 Å². The van der Waals surface area contributed by atoms with E-state index in [9.17, 15) is 9.59 Å². The molecule has 3 aromatic rings. The maximum atomic E-state index is 12.8. The van der Waals surface area contributed by atoms with E-state index in [2.05, 4.69) is 10.6 Å². The number of aromatic nitrogens is 2. The third-order valence-electron chi connectivity index (χ3n) is 5.00. The Morgan fingerprint density at radius 2 is 1.86 bits per heavy atom. The van der Waals surface area contributed by atoms with Crippen molar-refractivity contribution in [1.82, 2.24) is 14.7 Å². The van der Waals surface area contributed by atoms with Crippen LogP contribution < -0.4 is 20.9 Å². The van der Waals surface area contributed by atoms with Gasteiger partial charge in [-0.05, 0) is 30.7 Å². The summed E-state index contributed by atoms with van der Waals surface area (Å²) in [6.45, 7) is 2.16. The Labute approximate surface area is 162 Å². The van der Waals surface area contributed by atoms with Gasteiger partial charge in [-0.2, -0.15) is 0 Å². The minimum absolute atomic E-state index is 0.110. The monoisotopic (exact) mass is 378 g/mol. The van der Waals surface area contributed by atoms with Gasteiger partial charge in [-0.1, -0.05) is 36.4 Å². The van der Waals surface area contributed by atoms with Gasteiger partial charge in [0.1, 0.15) is 17.5 Å². The molecule has 0 aliphatic carbocycles. The molecule has 0 saturated heterocycles. The summed E-state index contributed by atoms with van der Waals surface area (Å²) in [5.41, 5.74) is 2.54. The van der Waals surface area contributed by atoms with Crippen LogP contribution in [0.3, 0.4) is 0 Å². The van der Waals surface area contributed by atoms with Crippen molar-refractivity contribution in [3.63, 3.8) is 0 Å². The second kappa shape index (κ2) is 7.26. The van der Waals surface area contributed by atoms with E-state index in [4.69, 9.17) is 4.74 Å². The Morgan fingerprint density at radius 1 is 1.14 bits per heavy atom. The molecule has 0 fully saturated rings. The summed E-state index contributed by atoms with van der Waals surface area (Å²) in [5.74, 6) is 0.861. The van der Waals surface area contributed by atoms with Crippen LogP contribution in [0.2, 0.25) is 0 Å². The second-order valence-electron chi connectivity index (χ2n) is 6.82. The van der Waals surface area contributed by atoms with Gasteiger partial charge in [0.15, 0.2) is 0 Å². The fourth-order valence-corrected chi connectivity index (χ4v) is 3.44. The van der Waals surface area contributed by atoms with Gasteiger partial charge in [-0.25, -0.2) is 9.48 Å². The number of carbonyl (C=O) groups is 1. The van der Waals surface area contributed by atoms with Crippen LogP contribution in [0.5, 0.6) is 5.75 Å². The Morgan fingerprint density at radius 3 is 2.61 bits per heavy atom. The first-order chi connectivity index (χ1) is 13.5. The molecule has 7 heteroatoms. The van der Waals surface area contributed by atoms with E-state index in [1.807, 2.05) is 54.6 Å². The second-order valence-corrected chi connectivity index (χ2v) is 6.82. The number of urea groups is 1. The molecule has 0 radical (unpaired) electrons. The minimum Gasteiger partial charge on any atom is -0.488 e. The molecular formula is C21H22N4O3. The Balaban J connectivity index is 1.44. The lowest BCUT2D eigenvalue weighted by molar-refractivity contribution is 0.219. The van der Waals surface area contributed by atoms with Gasteiger partial charge >= 0.3 is 6.03 Å². The zero-order valence-electron chi connectivity index (χ0n) is 15.8. The molecule has 1 aromatic heterocycles. The Kier molecular flexibility index (Phi) is 4.65. The number of fused-ring (bicyclic) bond motifs is 1. The molecule has 1 unspecified atom stereocenters. The Hall–Kier alpha value is -3.48.